The molecule has 1 heterocycles. The number of carbonyl (C=O) groups excluding carboxylic acids is 2. The Morgan fingerprint density at radius 2 is 1.81 bits per heavy atom. The number of aliphatic hydroxyl groups is 1. The molecule has 5 nitrogen and oxygen atoms in total. The van der Waals surface area contributed by atoms with Crippen LogP contribution in [0.5, 0.6) is 5.75 Å². The third-order valence-electron chi connectivity index (χ3n) is 6.41. The topological polar surface area (TPSA) is 72.8 Å². The molecule has 2 aromatic rings. The smallest absolute Gasteiger partial charge is 0.343 e. The number of aliphatic hydroxyl groups excluding tert-OH is 1. The van der Waals surface area contributed by atoms with Gasteiger partial charge < -0.3 is 14.6 Å². The second-order valence-electron chi connectivity index (χ2n) is 8.25. The number of esters is 2. The molecule has 1 N–H and O–H groups in total. The van der Waals surface area contributed by atoms with E-state index in [0.717, 1.165) is 19.3 Å². The second-order valence-corrected chi connectivity index (χ2v) is 8.25. The zero-order valence-electron chi connectivity index (χ0n) is 17.8. The molecule has 4 rings (SSSR count). The summed E-state index contributed by atoms with van der Waals surface area (Å²) in [6.07, 6.45) is 6.70. The minimum absolute atomic E-state index is 0.0364. The summed E-state index contributed by atoms with van der Waals surface area (Å²) in [5.74, 6) is -2.05. The van der Waals surface area contributed by atoms with Crippen LogP contribution in [0.25, 0.3) is 6.08 Å². The maximum Gasteiger partial charge on any atom is 0.343 e. The quantitative estimate of drug-likeness (QED) is 0.297. The fourth-order valence-corrected chi connectivity index (χ4v) is 4.90. The van der Waals surface area contributed by atoms with E-state index in [2.05, 4.69) is 0 Å². The highest BCUT2D eigenvalue weighted by Gasteiger charge is 2.54. The van der Waals surface area contributed by atoms with Crippen molar-refractivity contribution in [1.29, 1.82) is 0 Å². The number of methoxy groups -OCH3 is 1. The number of hydrogen-bond donors (Lipinski definition) is 1. The van der Waals surface area contributed by atoms with E-state index >= 15 is 0 Å². The lowest BCUT2D eigenvalue weighted by molar-refractivity contribution is -0.156. The van der Waals surface area contributed by atoms with Crippen LogP contribution in [0.2, 0.25) is 0 Å². The predicted molar refractivity (Wildman–Crippen MR) is 117 cm³/mol. The molecule has 32 heavy (non-hydrogen) atoms. The van der Waals surface area contributed by atoms with E-state index in [-0.39, 0.29) is 23.1 Å². The zero-order valence-corrected chi connectivity index (χ0v) is 17.8. The zero-order chi connectivity index (χ0) is 22.7. The van der Waals surface area contributed by atoms with Crippen molar-refractivity contribution in [3.63, 3.8) is 0 Å². The van der Waals surface area contributed by atoms with Crippen molar-refractivity contribution < 1.29 is 28.6 Å². The van der Waals surface area contributed by atoms with Gasteiger partial charge in [0.15, 0.2) is 0 Å². The molecule has 2 aliphatic rings. The minimum atomic E-state index is -0.977. The van der Waals surface area contributed by atoms with Gasteiger partial charge in [0, 0.05) is 11.5 Å². The molecular formula is C26H25FO5. The van der Waals surface area contributed by atoms with E-state index in [9.17, 15) is 19.1 Å². The first-order chi connectivity index (χ1) is 15.5. The van der Waals surface area contributed by atoms with E-state index in [1.165, 1.54) is 25.3 Å². The molecule has 6 heteroatoms. The third-order valence-corrected chi connectivity index (χ3v) is 6.41. The van der Waals surface area contributed by atoms with Gasteiger partial charge in [-0.05, 0) is 42.7 Å². The van der Waals surface area contributed by atoms with Crippen molar-refractivity contribution in [2.24, 2.45) is 5.41 Å². The number of allylic oxidation sites excluding steroid dienone is 1. The highest BCUT2D eigenvalue weighted by atomic mass is 19.1. The third kappa shape index (κ3) is 3.93. The van der Waals surface area contributed by atoms with Gasteiger partial charge in [0.25, 0.3) is 0 Å². The monoisotopic (exact) mass is 436 g/mol. The normalized spacial score (nSPS) is 21.6. The van der Waals surface area contributed by atoms with E-state index in [0.29, 0.717) is 29.7 Å². The first kappa shape index (κ1) is 21.8. The molecule has 0 spiro atoms. The van der Waals surface area contributed by atoms with Crippen molar-refractivity contribution in [2.45, 2.75) is 38.0 Å². The Balaban J connectivity index is 1.87. The van der Waals surface area contributed by atoms with Crippen LogP contribution in [0.4, 0.5) is 4.39 Å². The van der Waals surface area contributed by atoms with Crippen molar-refractivity contribution in [1.82, 2.24) is 0 Å². The molecule has 2 aromatic carbocycles. The molecule has 1 aliphatic heterocycles. The highest BCUT2D eigenvalue weighted by molar-refractivity contribution is 5.97. The number of hydrogen-bond acceptors (Lipinski definition) is 5. The van der Waals surface area contributed by atoms with Crippen LogP contribution in [-0.4, -0.2) is 24.2 Å². The Morgan fingerprint density at radius 3 is 2.50 bits per heavy atom. The predicted octanol–water partition coefficient (Wildman–Crippen LogP) is 5.48. The maximum absolute atomic E-state index is 13.2. The Hall–Kier alpha value is -3.41. The maximum atomic E-state index is 13.2. The number of para-hydroxylation sites is 1. The van der Waals surface area contributed by atoms with Crippen LogP contribution < -0.4 is 4.74 Å². The summed E-state index contributed by atoms with van der Waals surface area (Å²) in [6.45, 7) is 0. The lowest BCUT2D eigenvalue weighted by atomic mass is 9.60. The van der Waals surface area contributed by atoms with E-state index in [4.69, 9.17) is 9.47 Å². The van der Waals surface area contributed by atoms with Crippen LogP contribution >= 0.6 is 0 Å². The standard InChI is InChI=1S/C26H25FO5/c1-31-25(30)26(15-5-2-6-16-26)23-19-7-3-4-8-21(19)32-24(29)22(23)20(28)14-11-17-9-12-18(27)13-10-17/h3-4,7-14,23,28H,2,5-6,15-16H2,1H3/b14-11+,22-20-. The lowest BCUT2D eigenvalue weighted by Crippen LogP contribution is -2.44. The van der Waals surface area contributed by atoms with Gasteiger partial charge in [-0.3, -0.25) is 4.79 Å². The SMILES string of the molecule is COC(=O)C1(C2/C(=C(O)\C=C\c3ccc(F)cc3)C(=O)Oc3ccccc32)CCCCC1. The summed E-state index contributed by atoms with van der Waals surface area (Å²) in [6, 6.07) is 12.8. The molecule has 0 amide bonds. The van der Waals surface area contributed by atoms with Crippen molar-refractivity contribution in [3.05, 3.63) is 82.9 Å². The first-order valence-electron chi connectivity index (χ1n) is 10.7. The molecule has 1 fully saturated rings. The largest absolute Gasteiger partial charge is 0.507 e. The van der Waals surface area contributed by atoms with Gasteiger partial charge >= 0.3 is 11.9 Å². The molecule has 1 saturated carbocycles. The number of ether oxygens (including phenoxy) is 2. The summed E-state index contributed by atoms with van der Waals surface area (Å²) in [5.41, 5.74) is 0.390. The average Bonchev–Trinajstić information content (AvgIpc) is 2.82. The van der Waals surface area contributed by atoms with Gasteiger partial charge in [-0.1, -0.05) is 55.7 Å². The Labute approximate surface area is 186 Å². The molecule has 0 saturated heterocycles. The molecule has 1 aliphatic carbocycles. The first-order valence-corrected chi connectivity index (χ1v) is 10.7. The van der Waals surface area contributed by atoms with Crippen LogP contribution in [0.1, 0.15) is 49.1 Å². The van der Waals surface area contributed by atoms with E-state index in [1.807, 2.05) is 12.1 Å². The summed E-state index contributed by atoms with van der Waals surface area (Å²) in [4.78, 5) is 26.2. The average molecular weight is 436 g/mol. The minimum Gasteiger partial charge on any atom is -0.507 e. The van der Waals surface area contributed by atoms with Crippen LogP contribution in [-0.2, 0) is 14.3 Å². The van der Waals surface area contributed by atoms with Crippen LogP contribution in [0.15, 0.2) is 65.9 Å². The molecule has 1 unspecified atom stereocenters. The van der Waals surface area contributed by atoms with E-state index < -0.39 is 17.3 Å². The number of rotatable bonds is 4. The summed E-state index contributed by atoms with van der Waals surface area (Å²) < 4.78 is 23.9. The number of halogens is 1. The van der Waals surface area contributed by atoms with Crippen LogP contribution in [0, 0.1) is 11.2 Å². The molecule has 1 atom stereocenters. The number of carbonyl (C=O) groups is 2. The summed E-state index contributed by atoms with van der Waals surface area (Å²) in [7, 11) is 1.35. The van der Waals surface area contributed by atoms with Gasteiger partial charge in [-0.15, -0.1) is 0 Å². The summed E-state index contributed by atoms with van der Waals surface area (Å²) in [5, 5.41) is 11.0. The Bertz CT molecular complexity index is 1080. The van der Waals surface area contributed by atoms with Gasteiger partial charge in [0.1, 0.15) is 17.3 Å². The van der Waals surface area contributed by atoms with Crippen LogP contribution in [0.3, 0.4) is 0 Å². The van der Waals surface area contributed by atoms with E-state index in [1.54, 1.807) is 30.3 Å². The van der Waals surface area contributed by atoms with Gasteiger partial charge in [-0.2, -0.15) is 0 Å². The van der Waals surface area contributed by atoms with Crippen molar-refractivity contribution in [2.75, 3.05) is 7.11 Å². The number of benzene rings is 2. The Morgan fingerprint density at radius 1 is 1.12 bits per heavy atom. The van der Waals surface area contributed by atoms with Crippen molar-refractivity contribution >= 4 is 18.0 Å². The molecular weight excluding hydrogens is 411 g/mol. The van der Waals surface area contributed by atoms with Crippen molar-refractivity contribution in [3.8, 4) is 5.75 Å². The highest BCUT2D eigenvalue weighted by Crippen LogP contribution is 2.55. The Kier molecular flexibility index (Phi) is 6.12. The fraction of sp³-hybridized carbons (Fsp3) is 0.308. The molecule has 166 valence electrons. The lowest BCUT2D eigenvalue weighted by Gasteiger charge is -2.43. The fourth-order valence-electron chi connectivity index (χ4n) is 4.90. The molecule has 0 aromatic heterocycles. The van der Waals surface area contributed by atoms with Gasteiger partial charge in [-0.25, -0.2) is 9.18 Å². The number of fused-ring (bicyclic) bond motifs is 1. The second kappa shape index (κ2) is 8.99. The molecule has 0 bridgehead atoms. The summed E-state index contributed by atoms with van der Waals surface area (Å²) >= 11 is 0. The van der Waals surface area contributed by atoms with Gasteiger partial charge in [0.05, 0.1) is 18.1 Å². The van der Waals surface area contributed by atoms with Gasteiger partial charge in [0.2, 0.25) is 0 Å². The molecule has 0 radical (unpaired) electrons.